The molecule has 0 spiro atoms. The predicted octanol–water partition coefficient (Wildman–Crippen LogP) is 7.57. The molecule has 44 heavy (non-hydrogen) atoms. The fourth-order valence-corrected chi connectivity index (χ4v) is 5.77. The minimum Gasteiger partial charge on any atom is -0.361 e. The molecule has 5 aromatic rings. The Hall–Kier alpha value is -5.08. The van der Waals surface area contributed by atoms with E-state index in [0.29, 0.717) is 11.3 Å². The van der Waals surface area contributed by atoms with Gasteiger partial charge < -0.3 is 20.9 Å². The number of aromatic amines is 1. The molecule has 1 unspecified atom stereocenters. The molecular formula is C36H34N4O3S. The van der Waals surface area contributed by atoms with Crippen molar-refractivity contribution in [3.05, 3.63) is 131 Å². The van der Waals surface area contributed by atoms with E-state index in [1.54, 1.807) is 42.6 Å². The molecule has 0 radical (unpaired) electrons. The number of hydrogen-bond donors (Lipinski definition) is 4. The van der Waals surface area contributed by atoms with E-state index in [1.807, 2.05) is 80.6 Å². The number of thioether (sulfide) groups is 1. The van der Waals surface area contributed by atoms with Gasteiger partial charge in [0.15, 0.2) is 0 Å². The first-order chi connectivity index (χ1) is 21.3. The number of nitrogens with one attached hydrogen (secondary N) is 4. The third-order valence-corrected chi connectivity index (χ3v) is 8.31. The highest BCUT2D eigenvalue weighted by atomic mass is 32.2. The highest BCUT2D eigenvalue weighted by molar-refractivity contribution is 8.00. The molecule has 0 saturated heterocycles. The summed E-state index contributed by atoms with van der Waals surface area (Å²) in [4.78, 5) is 43.8. The number of aryl methyl sites for hydroxylation is 2. The zero-order chi connectivity index (χ0) is 31.1. The number of para-hydroxylation sites is 2. The van der Waals surface area contributed by atoms with E-state index < -0.39 is 11.8 Å². The largest absolute Gasteiger partial charge is 0.361 e. The van der Waals surface area contributed by atoms with Crippen molar-refractivity contribution < 1.29 is 14.4 Å². The summed E-state index contributed by atoms with van der Waals surface area (Å²) >= 11 is 1.40. The Morgan fingerprint density at radius 1 is 0.886 bits per heavy atom. The zero-order valence-electron chi connectivity index (χ0n) is 24.8. The fraction of sp³-hybridized carbons (Fsp3) is 0.139. The number of fused-ring (bicyclic) bond motifs is 1. The second-order valence-corrected chi connectivity index (χ2v) is 11.8. The van der Waals surface area contributed by atoms with Gasteiger partial charge >= 0.3 is 0 Å². The van der Waals surface area contributed by atoms with Crippen LogP contribution in [0.1, 0.15) is 40.9 Å². The van der Waals surface area contributed by atoms with Gasteiger partial charge in [0.05, 0.1) is 5.25 Å². The van der Waals surface area contributed by atoms with Gasteiger partial charge in [-0.2, -0.15) is 0 Å². The maximum absolute atomic E-state index is 13.6. The second kappa shape index (κ2) is 13.9. The molecule has 222 valence electrons. The van der Waals surface area contributed by atoms with Crippen LogP contribution in [0.5, 0.6) is 0 Å². The molecule has 8 heteroatoms. The maximum atomic E-state index is 13.6. The lowest BCUT2D eigenvalue weighted by molar-refractivity contribution is -0.115. The smallest absolute Gasteiger partial charge is 0.272 e. The fourth-order valence-electron chi connectivity index (χ4n) is 4.84. The van der Waals surface area contributed by atoms with Crippen LogP contribution in [0, 0.1) is 6.92 Å². The Morgan fingerprint density at radius 3 is 2.43 bits per heavy atom. The average Bonchev–Trinajstić information content (AvgIpc) is 3.44. The Kier molecular flexibility index (Phi) is 9.62. The van der Waals surface area contributed by atoms with E-state index in [4.69, 9.17) is 0 Å². The SMILES string of the molecule is CCc1cccc(C)c1NC(=O)C(C)Sc1cccc(NC(=O)/C(=C/c2c[nH]c3ccccc23)NC(=O)c2ccccc2)c1. The van der Waals surface area contributed by atoms with Crippen molar-refractivity contribution in [1.29, 1.82) is 0 Å². The van der Waals surface area contributed by atoms with Crippen molar-refractivity contribution in [3.8, 4) is 0 Å². The molecule has 5 rings (SSSR count). The average molecular weight is 603 g/mol. The minimum atomic E-state index is -0.473. The third-order valence-electron chi connectivity index (χ3n) is 7.21. The molecule has 4 N–H and O–H groups in total. The number of amides is 3. The number of H-pyrrole nitrogens is 1. The molecule has 0 fully saturated rings. The zero-order valence-corrected chi connectivity index (χ0v) is 25.6. The topological polar surface area (TPSA) is 103 Å². The Balaban J connectivity index is 1.33. The summed E-state index contributed by atoms with van der Waals surface area (Å²) in [5.41, 5.74) is 5.74. The Morgan fingerprint density at radius 2 is 1.64 bits per heavy atom. The molecule has 1 atom stereocenters. The standard InChI is InChI=1S/C36H34N4O3S/c1-4-25-15-10-12-23(2)33(25)40-34(41)24(3)44-29-17-11-16-28(21-29)38-36(43)32(39-35(42)26-13-6-5-7-14-26)20-27-22-37-31-19-9-8-18-30(27)31/h5-22,24,37H,4H2,1-3H3,(H,38,43)(H,39,42)(H,40,41)/b32-20-. The number of anilines is 2. The van der Waals surface area contributed by atoms with Crippen LogP contribution >= 0.6 is 11.8 Å². The van der Waals surface area contributed by atoms with Crippen LogP contribution in [0.2, 0.25) is 0 Å². The number of carbonyl (C=O) groups excluding carboxylic acids is 3. The first-order valence-corrected chi connectivity index (χ1v) is 15.3. The molecular weight excluding hydrogens is 568 g/mol. The number of hydrogen-bond acceptors (Lipinski definition) is 4. The minimum absolute atomic E-state index is 0.0963. The molecule has 0 aliphatic carbocycles. The highest BCUT2D eigenvalue weighted by Gasteiger charge is 2.19. The maximum Gasteiger partial charge on any atom is 0.272 e. The Bertz CT molecular complexity index is 1850. The first-order valence-electron chi connectivity index (χ1n) is 14.4. The van der Waals surface area contributed by atoms with Crippen LogP contribution in [-0.4, -0.2) is 28.0 Å². The molecule has 0 saturated carbocycles. The summed E-state index contributed by atoms with van der Waals surface area (Å²) in [6, 6.07) is 29.8. The lowest BCUT2D eigenvalue weighted by Gasteiger charge is -2.17. The van der Waals surface area contributed by atoms with Crippen LogP contribution in [0.3, 0.4) is 0 Å². The van der Waals surface area contributed by atoms with Crippen molar-refractivity contribution >= 4 is 57.8 Å². The molecule has 1 aromatic heterocycles. The van der Waals surface area contributed by atoms with Crippen molar-refractivity contribution in [2.75, 3.05) is 10.6 Å². The molecule has 4 aromatic carbocycles. The normalized spacial score (nSPS) is 12.0. The summed E-state index contributed by atoms with van der Waals surface area (Å²) in [7, 11) is 0. The summed E-state index contributed by atoms with van der Waals surface area (Å²) in [5.74, 6) is -0.962. The van der Waals surface area contributed by atoms with Crippen molar-refractivity contribution in [2.24, 2.45) is 0 Å². The van der Waals surface area contributed by atoms with Crippen molar-refractivity contribution in [1.82, 2.24) is 10.3 Å². The van der Waals surface area contributed by atoms with Gasteiger partial charge in [0, 0.05) is 44.5 Å². The number of benzene rings is 4. The molecule has 3 amide bonds. The summed E-state index contributed by atoms with van der Waals surface area (Å²) in [6.45, 7) is 5.91. The monoisotopic (exact) mass is 602 g/mol. The number of rotatable bonds is 10. The van der Waals surface area contributed by atoms with E-state index in [9.17, 15) is 14.4 Å². The van der Waals surface area contributed by atoms with Gasteiger partial charge in [-0.1, -0.05) is 67.6 Å². The molecule has 1 heterocycles. The van der Waals surface area contributed by atoms with E-state index in [-0.39, 0.29) is 16.9 Å². The quantitative estimate of drug-likeness (QED) is 0.0978. The third kappa shape index (κ3) is 7.27. The van der Waals surface area contributed by atoms with Gasteiger partial charge in [0.25, 0.3) is 11.8 Å². The lowest BCUT2D eigenvalue weighted by Crippen LogP contribution is -2.30. The van der Waals surface area contributed by atoms with E-state index in [0.717, 1.165) is 44.6 Å². The van der Waals surface area contributed by atoms with E-state index >= 15 is 0 Å². The highest BCUT2D eigenvalue weighted by Crippen LogP contribution is 2.28. The van der Waals surface area contributed by atoms with Crippen molar-refractivity contribution in [2.45, 2.75) is 37.3 Å². The van der Waals surface area contributed by atoms with Crippen LogP contribution in [0.25, 0.3) is 17.0 Å². The molecule has 0 aliphatic heterocycles. The first kappa shape index (κ1) is 30.4. The van der Waals surface area contributed by atoms with Gasteiger partial charge in [-0.15, -0.1) is 11.8 Å². The van der Waals surface area contributed by atoms with Gasteiger partial charge in [-0.05, 0) is 73.9 Å². The molecule has 7 nitrogen and oxygen atoms in total. The summed E-state index contributed by atoms with van der Waals surface area (Å²) < 4.78 is 0. The Labute approximate surface area is 261 Å². The van der Waals surface area contributed by atoms with Crippen molar-refractivity contribution in [3.63, 3.8) is 0 Å². The van der Waals surface area contributed by atoms with Crippen LogP contribution in [0.4, 0.5) is 11.4 Å². The van der Waals surface area contributed by atoms with Gasteiger partial charge in [-0.25, -0.2) is 0 Å². The summed E-state index contributed by atoms with van der Waals surface area (Å²) in [5, 5.41) is 9.35. The van der Waals surface area contributed by atoms with Gasteiger partial charge in [-0.3, -0.25) is 14.4 Å². The van der Waals surface area contributed by atoms with Crippen LogP contribution in [0.15, 0.2) is 114 Å². The second-order valence-electron chi connectivity index (χ2n) is 10.4. The van der Waals surface area contributed by atoms with Crippen LogP contribution in [-0.2, 0) is 16.0 Å². The van der Waals surface area contributed by atoms with Crippen LogP contribution < -0.4 is 16.0 Å². The number of aromatic nitrogens is 1. The number of carbonyl (C=O) groups is 3. The van der Waals surface area contributed by atoms with Gasteiger partial charge in [0.1, 0.15) is 5.70 Å². The summed E-state index contributed by atoms with van der Waals surface area (Å²) in [6.07, 6.45) is 4.29. The lowest BCUT2D eigenvalue weighted by atomic mass is 10.1. The van der Waals surface area contributed by atoms with E-state index in [1.165, 1.54) is 11.8 Å². The molecule has 0 bridgehead atoms. The van der Waals surface area contributed by atoms with E-state index in [2.05, 4.69) is 27.9 Å². The molecule has 0 aliphatic rings. The predicted molar refractivity (Wildman–Crippen MR) is 180 cm³/mol. The van der Waals surface area contributed by atoms with Gasteiger partial charge in [0.2, 0.25) is 5.91 Å².